The number of nitrogens with one attached hydrogen (secondary N) is 1. The van der Waals surface area contributed by atoms with E-state index < -0.39 is 0 Å². The smallest absolute Gasteiger partial charge is 0.307 e. The van der Waals surface area contributed by atoms with Crippen LogP contribution in [0.2, 0.25) is 0 Å². The van der Waals surface area contributed by atoms with Crippen LogP contribution in [-0.4, -0.2) is 33.2 Å². The molecule has 0 aliphatic rings. The van der Waals surface area contributed by atoms with Gasteiger partial charge in [0.15, 0.2) is 0 Å². The zero-order chi connectivity index (χ0) is 13.4. The van der Waals surface area contributed by atoms with Crippen LogP contribution in [0.25, 0.3) is 0 Å². The Morgan fingerprint density at radius 2 is 1.94 bits per heavy atom. The third kappa shape index (κ3) is 5.19. The van der Waals surface area contributed by atoms with Gasteiger partial charge < -0.3 is 15.0 Å². The molecule has 1 rings (SSSR count). The maximum atomic E-state index is 11.1. The molecule has 0 radical (unpaired) electrons. The first-order valence-corrected chi connectivity index (χ1v) is 6.26. The van der Waals surface area contributed by atoms with Crippen molar-refractivity contribution in [3.63, 3.8) is 0 Å². The van der Waals surface area contributed by atoms with Crippen LogP contribution in [0.3, 0.4) is 0 Å². The Kier molecular flexibility index (Phi) is 6.22. The number of rotatable bonds is 7. The van der Waals surface area contributed by atoms with Gasteiger partial charge >= 0.3 is 5.97 Å². The van der Waals surface area contributed by atoms with E-state index in [1.165, 1.54) is 11.3 Å². The van der Waals surface area contributed by atoms with Gasteiger partial charge in [-0.1, -0.05) is 12.1 Å². The lowest BCUT2D eigenvalue weighted by atomic mass is 10.2. The lowest BCUT2D eigenvalue weighted by molar-refractivity contribution is -0.142. The monoisotopic (exact) mass is 250 g/mol. The van der Waals surface area contributed by atoms with Gasteiger partial charge in [0.25, 0.3) is 0 Å². The van der Waals surface area contributed by atoms with E-state index in [1.54, 1.807) is 0 Å². The van der Waals surface area contributed by atoms with Crippen LogP contribution in [0, 0.1) is 0 Å². The van der Waals surface area contributed by atoms with Crippen molar-refractivity contribution in [1.82, 2.24) is 5.32 Å². The number of carbonyl (C=O) groups is 1. The summed E-state index contributed by atoms with van der Waals surface area (Å²) in [6.45, 7) is 3.68. The number of hydrogen-bond acceptors (Lipinski definition) is 4. The highest BCUT2D eigenvalue weighted by Crippen LogP contribution is 2.11. The minimum absolute atomic E-state index is 0.145. The number of hydrogen-bond donors (Lipinski definition) is 1. The molecule has 0 amide bonds. The van der Waals surface area contributed by atoms with Crippen LogP contribution in [0.4, 0.5) is 5.69 Å². The number of esters is 1. The summed E-state index contributed by atoms with van der Waals surface area (Å²) in [7, 11) is 4.04. The van der Waals surface area contributed by atoms with Gasteiger partial charge in [-0.2, -0.15) is 0 Å². The van der Waals surface area contributed by atoms with Gasteiger partial charge in [0.1, 0.15) is 0 Å². The Balaban J connectivity index is 2.25. The summed E-state index contributed by atoms with van der Waals surface area (Å²) in [4.78, 5) is 13.2. The maximum Gasteiger partial charge on any atom is 0.307 e. The van der Waals surface area contributed by atoms with Crippen LogP contribution in [-0.2, 0) is 16.1 Å². The Bertz CT molecular complexity index is 361. The summed E-state index contributed by atoms with van der Waals surface area (Å²) < 4.78 is 4.85. The SMILES string of the molecule is CCOC(=O)CCNCc1ccc(N(C)C)cc1. The molecule has 0 atom stereocenters. The third-order valence-electron chi connectivity index (χ3n) is 2.59. The molecule has 4 heteroatoms. The summed E-state index contributed by atoms with van der Waals surface area (Å²) in [5.74, 6) is -0.145. The first-order chi connectivity index (χ1) is 8.63. The van der Waals surface area contributed by atoms with Gasteiger partial charge in [-0.05, 0) is 24.6 Å². The van der Waals surface area contributed by atoms with Crippen molar-refractivity contribution >= 4 is 11.7 Å². The minimum atomic E-state index is -0.145. The van der Waals surface area contributed by atoms with Gasteiger partial charge in [-0.15, -0.1) is 0 Å². The fourth-order valence-corrected chi connectivity index (χ4v) is 1.57. The van der Waals surface area contributed by atoms with Gasteiger partial charge in [0, 0.05) is 32.9 Å². The van der Waals surface area contributed by atoms with Crippen molar-refractivity contribution in [2.75, 3.05) is 32.1 Å². The molecule has 100 valence electrons. The number of anilines is 1. The van der Waals surface area contributed by atoms with Crippen molar-refractivity contribution in [2.45, 2.75) is 19.9 Å². The van der Waals surface area contributed by atoms with Crippen LogP contribution in [0.15, 0.2) is 24.3 Å². The van der Waals surface area contributed by atoms with Gasteiger partial charge in [0.05, 0.1) is 13.0 Å². The highest BCUT2D eigenvalue weighted by Gasteiger charge is 2.00. The van der Waals surface area contributed by atoms with E-state index in [0.29, 0.717) is 19.6 Å². The maximum absolute atomic E-state index is 11.1. The van der Waals surface area contributed by atoms with Crippen molar-refractivity contribution in [3.8, 4) is 0 Å². The summed E-state index contributed by atoms with van der Waals surface area (Å²) in [6, 6.07) is 8.35. The average molecular weight is 250 g/mol. The van der Waals surface area contributed by atoms with E-state index in [0.717, 1.165) is 6.54 Å². The molecular formula is C14H22N2O2. The quantitative estimate of drug-likeness (QED) is 0.592. The highest BCUT2D eigenvalue weighted by atomic mass is 16.5. The second-order valence-electron chi connectivity index (χ2n) is 4.29. The highest BCUT2D eigenvalue weighted by molar-refractivity contribution is 5.69. The Morgan fingerprint density at radius 3 is 2.50 bits per heavy atom. The molecular weight excluding hydrogens is 228 g/mol. The largest absolute Gasteiger partial charge is 0.466 e. The van der Waals surface area contributed by atoms with E-state index in [9.17, 15) is 4.79 Å². The van der Waals surface area contributed by atoms with E-state index in [-0.39, 0.29) is 5.97 Å². The van der Waals surface area contributed by atoms with E-state index in [2.05, 4.69) is 34.5 Å². The van der Waals surface area contributed by atoms with Crippen LogP contribution in [0.1, 0.15) is 18.9 Å². The molecule has 1 aromatic rings. The number of carbonyl (C=O) groups excluding carboxylic acids is 1. The Hall–Kier alpha value is -1.55. The zero-order valence-corrected chi connectivity index (χ0v) is 11.4. The summed E-state index contributed by atoms with van der Waals surface area (Å²) in [5, 5.41) is 3.23. The second-order valence-corrected chi connectivity index (χ2v) is 4.29. The molecule has 0 saturated carbocycles. The van der Waals surface area contributed by atoms with Crippen LogP contribution in [0.5, 0.6) is 0 Å². The third-order valence-corrected chi connectivity index (χ3v) is 2.59. The molecule has 0 fully saturated rings. The van der Waals surface area contributed by atoms with E-state index >= 15 is 0 Å². The van der Waals surface area contributed by atoms with Crippen molar-refractivity contribution in [3.05, 3.63) is 29.8 Å². The zero-order valence-electron chi connectivity index (χ0n) is 11.4. The number of ether oxygens (including phenoxy) is 1. The predicted octanol–water partition coefficient (Wildman–Crippen LogP) is 1.80. The second kappa shape index (κ2) is 7.71. The molecule has 0 heterocycles. The molecule has 0 spiro atoms. The van der Waals surface area contributed by atoms with Crippen molar-refractivity contribution < 1.29 is 9.53 Å². The van der Waals surface area contributed by atoms with Gasteiger partial charge in [-0.25, -0.2) is 0 Å². The molecule has 0 unspecified atom stereocenters. The Morgan fingerprint density at radius 1 is 1.28 bits per heavy atom. The standard InChI is InChI=1S/C14H22N2O2/c1-4-18-14(17)9-10-15-11-12-5-7-13(8-6-12)16(2)3/h5-8,15H,4,9-11H2,1-3H3. The molecule has 0 saturated heterocycles. The average Bonchev–Trinajstić information content (AvgIpc) is 2.35. The van der Waals surface area contributed by atoms with Crippen molar-refractivity contribution in [1.29, 1.82) is 0 Å². The Labute approximate surface area is 109 Å². The number of benzene rings is 1. The summed E-state index contributed by atoms with van der Waals surface area (Å²) in [5.41, 5.74) is 2.40. The molecule has 1 N–H and O–H groups in total. The van der Waals surface area contributed by atoms with E-state index in [1.807, 2.05) is 21.0 Å². The molecule has 1 aromatic carbocycles. The first kappa shape index (κ1) is 14.5. The number of nitrogens with zero attached hydrogens (tertiary/aromatic N) is 1. The fourth-order valence-electron chi connectivity index (χ4n) is 1.57. The van der Waals surface area contributed by atoms with Crippen LogP contribution >= 0.6 is 0 Å². The first-order valence-electron chi connectivity index (χ1n) is 6.26. The lowest BCUT2D eigenvalue weighted by Gasteiger charge is -2.12. The molecule has 4 nitrogen and oxygen atoms in total. The molecule has 0 aliphatic carbocycles. The summed E-state index contributed by atoms with van der Waals surface area (Å²) in [6.07, 6.45) is 0.420. The fraction of sp³-hybridized carbons (Fsp3) is 0.500. The lowest BCUT2D eigenvalue weighted by Crippen LogP contribution is -2.19. The van der Waals surface area contributed by atoms with Crippen LogP contribution < -0.4 is 10.2 Å². The van der Waals surface area contributed by atoms with Gasteiger partial charge in [0.2, 0.25) is 0 Å². The normalized spacial score (nSPS) is 10.2. The van der Waals surface area contributed by atoms with Gasteiger partial charge in [-0.3, -0.25) is 4.79 Å². The molecule has 18 heavy (non-hydrogen) atoms. The predicted molar refractivity (Wildman–Crippen MR) is 73.7 cm³/mol. The van der Waals surface area contributed by atoms with E-state index in [4.69, 9.17) is 4.74 Å². The summed E-state index contributed by atoms with van der Waals surface area (Å²) >= 11 is 0. The minimum Gasteiger partial charge on any atom is -0.466 e. The molecule has 0 aliphatic heterocycles. The van der Waals surface area contributed by atoms with Crippen molar-refractivity contribution in [2.24, 2.45) is 0 Å². The molecule has 0 bridgehead atoms. The topological polar surface area (TPSA) is 41.6 Å². The molecule has 0 aromatic heterocycles.